The third-order valence-electron chi connectivity index (χ3n) is 1.95. The van der Waals surface area contributed by atoms with Gasteiger partial charge in [0.2, 0.25) is 16.3 Å². The summed E-state index contributed by atoms with van der Waals surface area (Å²) in [6.45, 7) is 4.36. The Morgan fingerprint density at radius 3 is 1.93 bits per heavy atom. The van der Waals surface area contributed by atoms with Gasteiger partial charge < -0.3 is 4.89 Å². The van der Waals surface area contributed by atoms with E-state index in [1.807, 2.05) is 0 Å². The van der Waals surface area contributed by atoms with Crippen LogP contribution in [0.25, 0.3) is 0 Å². The monoisotopic (exact) mass is 236 g/mol. The van der Waals surface area contributed by atoms with Crippen molar-refractivity contribution in [3.8, 4) is 0 Å². The van der Waals surface area contributed by atoms with Crippen molar-refractivity contribution in [2.24, 2.45) is 0 Å². The van der Waals surface area contributed by atoms with Crippen molar-refractivity contribution in [3.63, 3.8) is 0 Å². The van der Waals surface area contributed by atoms with E-state index in [1.54, 1.807) is 0 Å². The van der Waals surface area contributed by atoms with Gasteiger partial charge in [-0.05, 0) is 6.42 Å². The first kappa shape index (κ1) is 17.1. The number of unbranched alkanes of at least 4 members (excludes halogenated alkanes) is 4. The average molecular weight is 236 g/mol. The Labute approximate surface area is 97.8 Å². The van der Waals surface area contributed by atoms with Crippen molar-refractivity contribution < 1.29 is 9.46 Å². The van der Waals surface area contributed by atoms with Gasteiger partial charge in [-0.3, -0.25) is 4.57 Å². The average Bonchev–Trinajstić information content (AvgIpc) is 2.15. The van der Waals surface area contributed by atoms with Crippen molar-refractivity contribution in [1.82, 2.24) is 0 Å². The number of hydrogen-bond acceptors (Lipinski definition) is 1. The lowest BCUT2D eigenvalue weighted by atomic mass is 10.2. The lowest BCUT2D eigenvalue weighted by Crippen LogP contribution is -1.78. The van der Waals surface area contributed by atoms with Crippen LogP contribution in [-0.2, 0) is 4.57 Å². The fourth-order valence-corrected chi connectivity index (χ4v) is 2.32. The Hall–Kier alpha value is 0.722. The van der Waals surface area contributed by atoms with Crippen molar-refractivity contribution >= 4 is 24.3 Å². The standard InChI is InChI=1S/C6H15O2P.C4H9.Al.2H/c1-2-3-4-5-6-9(7)8;1-3-4-2;;;/h9H,2-6H2,1H3,(H,7,8);1,3-4H2,2H3;;;. The van der Waals surface area contributed by atoms with Crippen LogP contribution < -0.4 is 0 Å². The molecule has 0 amide bonds. The van der Waals surface area contributed by atoms with Crippen LogP contribution >= 0.6 is 8.03 Å². The number of hydrogen-bond donors (Lipinski definition) is 1. The molecule has 0 aliphatic rings. The van der Waals surface area contributed by atoms with Gasteiger partial charge in [0.25, 0.3) is 0 Å². The molecular formula is C10H26AlO2P. The summed E-state index contributed by atoms with van der Waals surface area (Å²) in [7, 11) is -2.17. The molecule has 86 valence electrons. The van der Waals surface area contributed by atoms with Crippen LogP contribution in [0.2, 0.25) is 5.28 Å². The molecule has 14 heavy (non-hydrogen) atoms. The molecule has 0 radical (unpaired) electrons. The van der Waals surface area contributed by atoms with E-state index in [9.17, 15) is 4.57 Å². The molecule has 2 nitrogen and oxygen atoms in total. The molecule has 0 spiro atoms. The third kappa shape index (κ3) is 23.0. The second kappa shape index (κ2) is 16.2. The maximum Gasteiger partial charge on any atom is 0.211 e. The molecule has 0 bridgehead atoms. The van der Waals surface area contributed by atoms with Gasteiger partial charge in [0.15, 0.2) is 8.03 Å². The predicted molar refractivity (Wildman–Crippen MR) is 68.5 cm³/mol. The zero-order valence-electron chi connectivity index (χ0n) is 10.0. The van der Waals surface area contributed by atoms with Gasteiger partial charge in [0, 0.05) is 6.16 Å². The van der Waals surface area contributed by atoms with E-state index in [-0.39, 0.29) is 0 Å². The molecule has 0 aromatic carbocycles. The lowest BCUT2D eigenvalue weighted by molar-refractivity contribution is 0.499. The zero-order valence-corrected chi connectivity index (χ0v) is 13.0. The molecule has 0 fully saturated rings. The van der Waals surface area contributed by atoms with Crippen LogP contribution in [0.1, 0.15) is 52.4 Å². The van der Waals surface area contributed by atoms with Crippen molar-refractivity contribution in [2.45, 2.75) is 57.7 Å². The van der Waals surface area contributed by atoms with Crippen LogP contribution in [0.5, 0.6) is 0 Å². The first-order valence-corrected chi connectivity index (χ1v) is 8.88. The fraction of sp³-hybridized carbons (Fsp3) is 1.00. The van der Waals surface area contributed by atoms with E-state index < -0.39 is 8.03 Å². The van der Waals surface area contributed by atoms with Gasteiger partial charge in [-0.25, -0.2) is 0 Å². The summed E-state index contributed by atoms with van der Waals surface area (Å²) in [6.07, 6.45) is 7.75. The van der Waals surface area contributed by atoms with E-state index in [4.69, 9.17) is 4.89 Å². The predicted octanol–water partition coefficient (Wildman–Crippen LogP) is 2.87. The summed E-state index contributed by atoms with van der Waals surface area (Å²) >= 11 is 1.40. The molecule has 0 saturated heterocycles. The summed E-state index contributed by atoms with van der Waals surface area (Å²) in [5.41, 5.74) is 0. The fourth-order valence-electron chi connectivity index (χ4n) is 1.06. The first-order valence-electron chi connectivity index (χ1n) is 5.90. The zero-order chi connectivity index (χ0) is 11.2. The van der Waals surface area contributed by atoms with E-state index in [2.05, 4.69) is 13.8 Å². The molecule has 0 aliphatic carbocycles. The largest absolute Gasteiger partial charge is 0.346 e. The molecule has 1 unspecified atom stereocenters. The molecule has 4 heteroatoms. The molecule has 0 aromatic heterocycles. The maximum absolute atomic E-state index is 10.1. The highest BCUT2D eigenvalue weighted by atomic mass is 31.1. The summed E-state index contributed by atoms with van der Waals surface area (Å²) in [5.74, 6) is 0. The molecule has 1 atom stereocenters. The normalized spacial score (nSPS) is 11.6. The minimum absolute atomic E-state index is 0.519. The Morgan fingerprint density at radius 2 is 1.64 bits per heavy atom. The van der Waals surface area contributed by atoms with E-state index >= 15 is 0 Å². The van der Waals surface area contributed by atoms with Gasteiger partial charge in [-0.2, -0.15) is 0 Å². The smallest absolute Gasteiger partial charge is 0.211 e. The maximum atomic E-state index is 10.1. The van der Waals surface area contributed by atoms with Crippen LogP contribution in [0, 0.1) is 0 Å². The Kier molecular flexibility index (Phi) is 19.8. The van der Waals surface area contributed by atoms with Crippen molar-refractivity contribution in [3.05, 3.63) is 0 Å². The molecule has 0 aromatic rings. The minimum Gasteiger partial charge on any atom is -0.346 e. The van der Waals surface area contributed by atoms with Gasteiger partial charge in [-0.15, -0.1) is 5.28 Å². The van der Waals surface area contributed by atoms with Crippen LogP contribution in [0.4, 0.5) is 0 Å². The summed E-state index contributed by atoms with van der Waals surface area (Å²) < 4.78 is 10.1. The van der Waals surface area contributed by atoms with Crippen LogP contribution in [-0.4, -0.2) is 27.3 Å². The molecule has 1 N–H and O–H groups in total. The van der Waals surface area contributed by atoms with E-state index in [0.29, 0.717) is 6.16 Å². The van der Waals surface area contributed by atoms with Gasteiger partial charge in [0.1, 0.15) is 0 Å². The summed E-state index contributed by atoms with van der Waals surface area (Å²) in [5, 5.41) is 1.48. The Bertz CT molecular complexity index is 119. The highest BCUT2D eigenvalue weighted by Crippen LogP contribution is 2.15. The molecule has 0 heterocycles. The van der Waals surface area contributed by atoms with Crippen molar-refractivity contribution in [2.75, 3.05) is 6.16 Å². The van der Waals surface area contributed by atoms with Gasteiger partial charge in [-0.1, -0.05) is 46.0 Å². The second-order valence-corrected chi connectivity index (χ2v) is 5.85. The Balaban J connectivity index is 0. The lowest BCUT2D eigenvalue weighted by Gasteiger charge is -1.93. The Morgan fingerprint density at radius 1 is 1.07 bits per heavy atom. The van der Waals surface area contributed by atoms with Crippen LogP contribution in [0.3, 0.4) is 0 Å². The highest BCUT2D eigenvalue weighted by molar-refractivity contribution is 7.37. The summed E-state index contributed by atoms with van der Waals surface area (Å²) in [4.78, 5) is 8.40. The van der Waals surface area contributed by atoms with Crippen molar-refractivity contribution in [1.29, 1.82) is 0 Å². The quantitative estimate of drug-likeness (QED) is 0.419. The first-order chi connectivity index (χ1) is 6.68. The van der Waals surface area contributed by atoms with Gasteiger partial charge in [0.05, 0.1) is 0 Å². The molecule has 0 aliphatic heterocycles. The molecular weight excluding hydrogens is 210 g/mol. The minimum atomic E-state index is -2.17. The second-order valence-electron chi connectivity index (χ2n) is 3.56. The molecule has 0 rings (SSSR count). The third-order valence-corrected chi connectivity index (χ3v) is 3.44. The highest BCUT2D eigenvalue weighted by Gasteiger charge is 1.91. The summed E-state index contributed by atoms with van der Waals surface area (Å²) in [6, 6.07) is 0. The van der Waals surface area contributed by atoms with E-state index in [1.165, 1.54) is 47.3 Å². The molecule has 0 saturated carbocycles. The SMILES string of the molecule is CCCCCC[PH](=O)O.CCC[CH2][AlH2]. The van der Waals surface area contributed by atoms with Gasteiger partial charge >= 0.3 is 0 Å². The van der Waals surface area contributed by atoms with E-state index in [0.717, 1.165) is 12.8 Å². The topological polar surface area (TPSA) is 37.3 Å². The van der Waals surface area contributed by atoms with Crippen LogP contribution in [0.15, 0.2) is 0 Å². The number of rotatable bonds is 7.